The third-order valence-corrected chi connectivity index (χ3v) is 2.52. The molecular formula is C12H13F3N2O. The molecule has 1 rings (SSSR count). The van der Waals surface area contributed by atoms with E-state index < -0.39 is 18.3 Å². The Labute approximate surface area is 103 Å². The Hall–Kier alpha value is -1.74. The van der Waals surface area contributed by atoms with Gasteiger partial charge in [0, 0.05) is 19.3 Å². The van der Waals surface area contributed by atoms with Crippen molar-refractivity contribution >= 4 is 5.69 Å². The van der Waals surface area contributed by atoms with Crippen LogP contribution in [-0.2, 0) is 12.8 Å². The molecule has 18 heavy (non-hydrogen) atoms. The number of halogens is 3. The number of anilines is 1. The molecule has 98 valence electrons. The third-order valence-electron chi connectivity index (χ3n) is 2.52. The lowest BCUT2D eigenvalue weighted by atomic mass is 10.1. The molecule has 1 aromatic rings. The van der Waals surface area contributed by atoms with Crippen LogP contribution in [0.1, 0.15) is 17.5 Å². The van der Waals surface area contributed by atoms with E-state index in [-0.39, 0.29) is 24.2 Å². The van der Waals surface area contributed by atoms with Crippen molar-refractivity contribution in [2.45, 2.75) is 19.2 Å². The van der Waals surface area contributed by atoms with Crippen molar-refractivity contribution in [2.24, 2.45) is 0 Å². The lowest BCUT2D eigenvalue weighted by Crippen LogP contribution is -2.22. The summed E-state index contributed by atoms with van der Waals surface area (Å²) in [7, 11) is 1.50. The first kappa shape index (κ1) is 14.3. The molecule has 0 unspecified atom stereocenters. The molecule has 0 saturated heterocycles. The normalized spacial score (nSPS) is 11.1. The highest BCUT2D eigenvalue weighted by atomic mass is 19.4. The number of nitrogens with zero attached hydrogens (tertiary/aromatic N) is 2. The molecule has 0 saturated carbocycles. The Morgan fingerprint density at radius 2 is 2.06 bits per heavy atom. The van der Waals surface area contributed by atoms with E-state index in [9.17, 15) is 13.2 Å². The molecule has 0 aliphatic carbocycles. The van der Waals surface area contributed by atoms with Crippen LogP contribution in [-0.4, -0.2) is 18.7 Å². The molecule has 0 heterocycles. The lowest BCUT2D eigenvalue weighted by molar-refractivity contribution is -0.137. The van der Waals surface area contributed by atoms with Crippen LogP contribution < -0.4 is 4.90 Å². The van der Waals surface area contributed by atoms with Crippen molar-refractivity contribution in [1.82, 2.24) is 0 Å². The molecule has 0 spiro atoms. The van der Waals surface area contributed by atoms with Gasteiger partial charge in [-0.1, -0.05) is 6.07 Å². The van der Waals surface area contributed by atoms with Gasteiger partial charge in [0.1, 0.15) is 0 Å². The van der Waals surface area contributed by atoms with Crippen molar-refractivity contribution in [3.05, 3.63) is 29.3 Å². The minimum atomic E-state index is -4.48. The molecule has 3 nitrogen and oxygen atoms in total. The Morgan fingerprint density at radius 1 is 1.39 bits per heavy atom. The topological polar surface area (TPSA) is 47.3 Å². The zero-order valence-corrected chi connectivity index (χ0v) is 9.83. The predicted octanol–water partition coefficient (Wildman–Crippen LogP) is 2.55. The van der Waals surface area contributed by atoms with Crippen LogP contribution in [0.25, 0.3) is 0 Å². The van der Waals surface area contributed by atoms with Gasteiger partial charge in [-0.15, -0.1) is 0 Å². The molecule has 0 aromatic heterocycles. The summed E-state index contributed by atoms with van der Waals surface area (Å²) in [5.41, 5.74) is -0.579. The molecular weight excluding hydrogens is 245 g/mol. The van der Waals surface area contributed by atoms with Gasteiger partial charge < -0.3 is 10.0 Å². The molecule has 0 fully saturated rings. The van der Waals surface area contributed by atoms with Gasteiger partial charge in [-0.25, -0.2) is 0 Å². The number of alkyl halides is 3. The Morgan fingerprint density at radius 3 is 2.56 bits per heavy atom. The summed E-state index contributed by atoms with van der Waals surface area (Å²) in [5.74, 6) is 0. The van der Waals surface area contributed by atoms with Crippen LogP contribution in [0.3, 0.4) is 0 Å². The number of aliphatic hydroxyl groups is 1. The molecule has 0 atom stereocenters. The van der Waals surface area contributed by atoms with Gasteiger partial charge in [0.2, 0.25) is 0 Å². The van der Waals surface area contributed by atoms with E-state index in [0.717, 1.165) is 6.07 Å². The first-order valence-electron chi connectivity index (χ1n) is 5.29. The molecule has 1 aromatic carbocycles. The Bertz CT molecular complexity index is 452. The van der Waals surface area contributed by atoms with Gasteiger partial charge in [0.05, 0.1) is 24.7 Å². The largest absolute Gasteiger partial charge is 0.418 e. The van der Waals surface area contributed by atoms with Crippen LogP contribution >= 0.6 is 0 Å². The highest BCUT2D eigenvalue weighted by Gasteiger charge is 2.34. The van der Waals surface area contributed by atoms with Gasteiger partial charge in [0.25, 0.3) is 0 Å². The maximum absolute atomic E-state index is 12.9. The number of hydrogen-bond donors (Lipinski definition) is 1. The fraction of sp³-hybridized carbons (Fsp3) is 0.417. The summed E-state index contributed by atoms with van der Waals surface area (Å²) in [5, 5.41) is 17.3. The van der Waals surface area contributed by atoms with E-state index in [2.05, 4.69) is 0 Å². The van der Waals surface area contributed by atoms with Crippen LogP contribution in [0.2, 0.25) is 0 Å². The molecule has 6 heteroatoms. The fourth-order valence-corrected chi connectivity index (χ4v) is 1.58. The lowest BCUT2D eigenvalue weighted by Gasteiger charge is -2.23. The second-order valence-electron chi connectivity index (χ2n) is 3.84. The Kier molecular flexibility index (Phi) is 4.56. The average molecular weight is 258 g/mol. The van der Waals surface area contributed by atoms with E-state index >= 15 is 0 Å². The van der Waals surface area contributed by atoms with Gasteiger partial charge in [-0.05, 0) is 17.7 Å². The van der Waals surface area contributed by atoms with Gasteiger partial charge >= 0.3 is 6.18 Å². The van der Waals surface area contributed by atoms with E-state index in [1.54, 1.807) is 0 Å². The van der Waals surface area contributed by atoms with Crippen molar-refractivity contribution in [3.8, 4) is 6.07 Å². The highest BCUT2D eigenvalue weighted by molar-refractivity contribution is 5.56. The predicted molar refractivity (Wildman–Crippen MR) is 60.9 cm³/mol. The number of nitriles is 1. The summed E-state index contributed by atoms with van der Waals surface area (Å²) in [6.45, 7) is -0.219. The summed E-state index contributed by atoms with van der Waals surface area (Å²) >= 11 is 0. The fourth-order valence-electron chi connectivity index (χ4n) is 1.58. The molecule has 0 bridgehead atoms. The van der Waals surface area contributed by atoms with Crippen molar-refractivity contribution in [1.29, 1.82) is 5.26 Å². The zero-order valence-electron chi connectivity index (χ0n) is 9.83. The molecule has 1 N–H and O–H groups in total. The second-order valence-corrected chi connectivity index (χ2v) is 3.84. The van der Waals surface area contributed by atoms with Gasteiger partial charge in [-0.3, -0.25) is 0 Å². The average Bonchev–Trinajstić information content (AvgIpc) is 2.34. The number of aliphatic hydroxyl groups excluding tert-OH is 1. The monoisotopic (exact) mass is 258 g/mol. The summed E-state index contributed by atoms with van der Waals surface area (Å²) < 4.78 is 38.6. The molecule has 0 aliphatic rings. The van der Waals surface area contributed by atoms with Crippen molar-refractivity contribution in [3.63, 3.8) is 0 Å². The number of rotatable bonds is 4. The minimum Gasteiger partial charge on any atom is -0.392 e. The second kappa shape index (κ2) is 5.74. The first-order chi connectivity index (χ1) is 8.40. The van der Waals surface area contributed by atoms with Crippen LogP contribution in [0.4, 0.5) is 18.9 Å². The molecule has 0 amide bonds. The number of benzene rings is 1. The zero-order chi connectivity index (χ0) is 13.8. The van der Waals surface area contributed by atoms with Crippen LogP contribution in [0.5, 0.6) is 0 Å². The maximum Gasteiger partial charge on any atom is 0.418 e. The molecule has 0 radical (unpaired) electrons. The van der Waals surface area contributed by atoms with Crippen molar-refractivity contribution < 1.29 is 18.3 Å². The SMILES string of the molecule is CN(CCC#N)c1ccc(CO)cc1C(F)(F)F. The van der Waals surface area contributed by atoms with Crippen LogP contribution in [0.15, 0.2) is 18.2 Å². The van der Waals surface area contributed by atoms with E-state index in [1.165, 1.54) is 24.1 Å². The smallest absolute Gasteiger partial charge is 0.392 e. The van der Waals surface area contributed by atoms with Gasteiger partial charge in [0.15, 0.2) is 0 Å². The minimum absolute atomic E-state index is 0.00921. The van der Waals surface area contributed by atoms with Gasteiger partial charge in [-0.2, -0.15) is 18.4 Å². The quantitative estimate of drug-likeness (QED) is 0.902. The number of hydrogen-bond acceptors (Lipinski definition) is 3. The highest BCUT2D eigenvalue weighted by Crippen LogP contribution is 2.37. The summed E-state index contributed by atoms with van der Waals surface area (Å²) in [6, 6.07) is 5.56. The Balaban J connectivity index is 3.14. The summed E-state index contributed by atoms with van der Waals surface area (Å²) in [4.78, 5) is 1.38. The van der Waals surface area contributed by atoms with E-state index in [0.29, 0.717) is 0 Å². The first-order valence-corrected chi connectivity index (χ1v) is 5.29. The standard InChI is InChI=1S/C12H13F3N2O/c1-17(6-2-5-16)11-4-3-9(8-18)7-10(11)12(13,14)15/h3-4,7,18H,2,6,8H2,1H3. The van der Waals surface area contributed by atoms with E-state index in [1.807, 2.05) is 6.07 Å². The van der Waals surface area contributed by atoms with E-state index in [4.69, 9.17) is 10.4 Å². The van der Waals surface area contributed by atoms with Crippen LogP contribution in [0, 0.1) is 11.3 Å². The summed E-state index contributed by atoms with van der Waals surface area (Å²) in [6.07, 6.45) is -4.34. The maximum atomic E-state index is 12.9. The third kappa shape index (κ3) is 3.37. The molecule has 0 aliphatic heterocycles. The van der Waals surface area contributed by atoms with Crippen molar-refractivity contribution in [2.75, 3.05) is 18.5 Å².